The minimum Gasteiger partial charge on any atom is -0.663 e. The third-order valence-corrected chi connectivity index (χ3v) is 7.52. The summed E-state index contributed by atoms with van der Waals surface area (Å²) in [5.74, 6) is 0. The van der Waals surface area contributed by atoms with Gasteiger partial charge in [-0.3, -0.25) is 0 Å². The van der Waals surface area contributed by atoms with Gasteiger partial charge in [0.25, 0.3) is 0 Å². The van der Waals surface area contributed by atoms with Crippen molar-refractivity contribution in [2.24, 2.45) is 0 Å². The minimum atomic E-state index is 0. The summed E-state index contributed by atoms with van der Waals surface area (Å²) in [6.07, 6.45) is 19.6. The van der Waals surface area contributed by atoms with Crippen molar-refractivity contribution in [2.75, 3.05) is 0 Å². The monoisotopic (exact) mass is 640 g/mol. The average Bonchev–Trinajstić information content (AvgIpc) is 3.48. The molecular formula is C38H44FeN6. The van der Waals surface area contributed by atoms with Gasteiger partial charge in [0.1, 0.15) is 0 Å². The summed E-state index contributed by atoms with van der Waals surface area (Å²) in [6, 6.07) is 21.0. The van der Waals surface area contributed by atoms with E-state index >= 15 is 0 Å². The van der Waals surface area contributed by atoms with Gasteiger partial charge in [-0.25, -0.2) is 0 Å². The molecule has 0 amide bonds. The van der Waals surface area contributed by atoms with Crippen LogP contribution >= 0.6 is 0 Å². The van der Waals surface area contributed by atoms with E-state index in [1.807, 2.05) is 74.8 Å². The molecule has 0 saturated heterocycles. The quantitative estimate of drug-likeness (QED) is 0.233. The second-order valence-corrected chi connectivity index (χ2v) is 10.4. The predicted molar refractivity (Wildman–Crippen MR) is 184 cm³/mol. The largest absolute Gasteiger partial charge is 4.00 e. The van der Waals surface area contributed by atoms with Gasteiger partial charge < -0.3 is 30.2 Å². The molecule has 0 unspecified atom stereocenters. The molecule has 6 rings (SSSR count). The van der Waals surface area contributed by atoms with E-state index in [0.29, 0.717) is 0 Å². The Morgan fingerprint density at radius 3 is 1.27 bits per heavy atom. The minimum absolute atomic E-state index is 0. The van der Waals surface area contributed by atoms with Gasteiger partial charge in [0.15, 0.2) is 0 Å². The van der Waals surface area contributed by atoms with E-state index in [4.69, 9.17) is 0 Å². The summed E-state index contributed by atoms with van der Waals surface area (Å²) < 4.78 is 0. The maximum Gasteiger partial charge on any atom is 4.00 e. The Labute approximate surface area is 281 Å². The standard InChI is InChI=1S/2C18H19N3.C2H6.Fe/c2*1-15-16(2)21(13-18-10-6-7-11-19-18)14-20(15)12-17-8-4-3-5-9-17;1-2;/h2*3-11,13-14H,12H2,1-2H3;1-2H3;/q2*-2;;+4/b2*18-13-;;. The fraction of sp³-hybridized carbons (Fsp3) is 0.211. The molecule has 6 nitrogen and oxygen atoms in total. The molecule has 0 saturated carbocycles. The maximum absolute atomic E-state index is 4.35. The second kappa shape index (κ2) is 17.8. The van der Waals surface area contributed by atoms with Crippen LogP contribution in [0.3, 0.4) is 0 Å². The van der Waals surface area contributed by atoms with Crippen molar-refractivity contribution in [2.45, 2.75) is 54.6 Å². The van der Waals surface area contributed by atoms with Crippen molar-refractivity contribution in [3.05, 3.63) is 191 Å². The number of nitrogens with zero attached hydrogens (tertiary/aromatic N) is 6. The van der Waals surface area contributed by atoms with Gasteiger partial charge in [-0.15, -0.1) is 11.4 Å². The zero-order chi connectivity index (χ0) is 31.3. The van der Waals surface area contributed by atoms with Crippen molar-refractivity contribution < 1.29 is 17.1 Å². The Morgan fingerprint density at radius 1 is 0.556 bits per heavy atom. The average molecular weight is 641 g/mol. The molecule has 2 aromatic rings. The van der Waals surface area contributed by atoms with E-state index in [-0.39, 0.29) is 17.1 Å². The van der Waals surface area contributed by atoms with Gasteiger partial charge in [0, 0.05) is 24.5 Å². The van der Waals surface area contributed by atoms with Crippen LogP contribution in [0.1, 0.15) is 52.7 Å². The smallest absolute Gasteiger partial charge is 0.663 e. The van der Waals surface area contributed by atoms with Crippen LogP contribution in [-0.4, -0.2) is 19.6 Å². The van der Waals surface area contributed by atoms with Crippen LogP contribution in [-0.2, 0) is 30.2 Å². The van der Waals surface area contributed by atoms with Crippen molar-refractivity contribution in [1.82, 2.24) is 19.6 Å². The third kappa shape index (κ3) is 9.84. The molecule has 0 spiro atoms. The van der Waals surface area contributed by atoms with Crippen LogP contribution in [0.2, 0.25) is 0 Å². The van der Waals surface area contributed by atoms with E-state index in [9.17, 15) is 0 Å². The topological polar surface area (TPSA) is 41.2 Å². The molecule has 234 valence electrons. The Morgan fingerprint density at radius 2 is 0.933 bits per heavy atom. The van der Waals surface area contributed by atoms with Gasteiger partial charge in [0.2, 0.25) is 0 Å². The van der Waals surface area contributed by atoms with Crippen LogP contribution in [0.25, 0.3) is 10.6 Å². The van der Waals surface area contributed by atoms with Crippen molar-refractivity contribution in [3.63, 3.8) is 0 Å². The van der Waals surface area contributed by atoms with E-state index in [1.54, 1.807) is 0 Å². The number of hydrogen-bond donors (Lipinski definition) is 0. The molecule has 0 bridgehead atoms. The van der Waals surface area contributed by atoms with Gasteiger partial charge in [-0.05, 0) is 62.6 Å². The van der Waals surface area contributed by atoms with Crippen LogP contribution in [0.15, 0.2) is 156 Å². The van der Waals surface area contributed by atoms with E-state index in [0.717, 1.165) is 24.5 Å². The zero-order valence-corrected chi connectivity index (χ0v) is 28.3. The molecule has 45 heavy (non-hydrogen) atoms. The summed E-state index contributed by atoms with van der Waals surface area (Å²) in [5.41, 5.74) is 9.54. The maximum atomic E-state index is 4.35. The second-order valence-electron chi connectivity index (χ2n) is 10.4. The van der Waals surface area contributed by atoms with Crippen LogP contribution in [0.5, 0.6) is 0 Å². The van der Waals surface area contributed by atoms with E-state index < -0.39 is 0 Å². The Bertz CT molecular complexity index is 1370. The molecule has 0 fully saturated rings. The molecule has 4 aliphatic rings. The first-order chi connectivity index (χ1) is 21.5. The Hall–Kier alpha value is -4.32. The molecule has 7 heteroatoms. The van der Waals surface area contributed by atoms with Crippen LogP contribution in [0, 0.1) is 13.3 Å². The van der Waals surface area contributed by atoms with Gasteiger partial charge >= 0.3 is 17.1 Å². The molecule has 0 radical (unpaired) electrons. The normalized spacial score (nSPS) is 18.4. The molecule has 4 aliphatic heterocycles. The Kier molecular flexibility index (Phi) is 13.9. The Balaban J connectivity index is 0.000000228. The SMILES string of the molecule is CC.CC1=C(C)N(Cc2ccccc2)[CH-]N1/C=C1/C=CC=C[N-]1.CC1=C(C)N(Cc2ccccc2)[CH-]N1/C=C1/C=CC=C[N-]1.[Fe+4]. The van der Waals surface area contributed by atoms with Crippen molar-refractivity contribution in [1.29, 1.82) is 0 Å². The molecule has 0 N–H and O–H groups in total. The van der Waals surface area contributed by atoms with Crippen LogP contribution in [0.4, 0.5) is 0 Å². The zero-order valence-electron chi connectivity index (χ0n) is 27.2. The van der Waals surface area contributed by atoms with Gasteiger partial charge in [-0.2, -0.15) is 25.7 Å². The van der Waals surface area contributed by atoms with Gasteiger partial charge in [0.05, 0.1) is 0 Å². The van der Waals surface area contributed by atoms with Crippen LogP contribution < -0.4 is 0 Å². The van der Waals surface area contributed by atoms with Gasteiger partial charge in [-0.1, -0.05) is 111 Å². The summed E-state index contributed by atoms with van der Waals surface area (Å²) >= 11 is 0. The molecule has 0 atom stereocenters. The summed E-state index contributed by atoms with van der Waals surface area (Å²) in [4.78, 5) is 8.81. The number of hydrogen-bond acceptors (Lipinski definition) is 4. The fourth-order valence-electron chi connectivity index (χ4n) is 4.77. The van der Waals surface area contributed by atoms with Crippen molar-refractivity contribution in [3.8, 4) is 0 Å². The van der Waals surface area contributed by atoms with E-state index in [1.165, 1.54) is 33.9 Å². The molecule has 0 aliphatic carbocycles. The third-order valence-electron chi connectivity index (χ3n) is 7.52. The molecule has 4 heterocycles. The molecule has 2 aromatic carbocycles. The number of allylic oxidation sites excluding steroid dienone is 10. The number of rotatable bonds is 6. The van der Waals surface area contributed by atoms with E-state index in [2.05, 4.69) is 132 Å². The first kappa shape index (κ1) is 35.2. The summed E-state index contributed by atoms with van der Waals surface area (Å²) in [7, 11) is 0. The fourth-order valence-corrected chi connectivity index (χ4v) is 4.77. The first-order valence-electron chi connectivity index (χ1n) is 15.2. The summed E-state index contributed by atoms with van der Waals surface area (Å²) in [6.45, 7) is 18.6. The molecule has 0 aromatic heterocycles. The summed E-state index contributed by atoms with van der Waals surface area (Å²) in [5, 5.41) is 8.70. The molecular weight excluding hydrogens is 596 g/mol. The van der Waals surface area contributed by atoms with Crippen molar-refractivity contribution >= 4 is 0 Å². The predicted octanol–water partition coefficient (Wildman–Crippen LogP) is 9.97. The number of benzene rings is 2. The first-order valence-corrected chi connectivity index (χ1v) is 15.2.